The maximum atomic E-state index is 7.08. The van der Waals surface area contributed by atoms with Crippen molar-refractivity contribution >= 4 is 28.8 Å². The number of ether oxygens (including phenoxy) is 1. The summed E-state index contributed by atoms with van der Waals surface area (Å²) in [5.74, 6) is 1.65. The van der Waals surface area contributed by atoms with Crippen molar-refractivity contribution in [2.45, 2.75) is 15.2 Å². The number of rotatable bonds is 4. The van der Waals surface area contributed by atoms with Gasteiger partial charge < -0.3 is 9.64 Å². The van der Waals surface area contributed by atoms with Crippen molar-refractivity contribution in [2.75, 3.05) is 4.90 Å². The van der Waals surface area contributed by atoms with Crippen LogP contribution in [-0.2, 0) is 5.41 Å². The first-order chi connectivity index (χ1) is 28.8. The average molecular weight is 763 g/mol. The van der Waals surface area contributed by atoms with Gasteiger partial charge in [0, 0.05) is 58.8 Å². The predicted octanol–water partition coefficient (Wildman–Crippen LogP) is 12.1. The molecule has 3 aliphatic rings. The Bertz CT molecular complexity index is 3030. The van der Waals surface area contributed by atoms with Gasteiger partial charge in [0.1, 0.15) is 11.5 Å². The van der Waals surface area contributed by atoms with E-state index in [4.69, 9.17) is 14.7 Å². The Morgan fingerprint density at radius 3 is 1.98 bits per heavy atom. The van der Waals surface area contributed by atoms with E-state index < -0.39 is 5.41 Å². The van der Waals surface area contributed by atoms with Crippen molar-refractivity contribution in [1.29, 1.82) is 0 Å². The fraction of sp³-hybridized carbons (Fsp3) is 0.0200. The second kappa shape index (κ2) is 12.8. The van der Waals surface area contributed by atoms with Crippen molar-refractivity contribution in [3.8, 4) is 56.4 Å². The number of benzene rings is 4. The van der Waals surface area contributed by atoms with Gasteiger partial charge >= 0.3 is 0 Å². The summed E-state index contributed by atoms with van der Waals surface area (Å²) in [6.45, 7) is 0. The van der Waals surface area contributed by atoms with Gasteiger partial charge in [0.2, 0.25) is 0 Å². The van der Waals surface area contributed by atoms with Gasteiger partial charge in [-0.25, -0.2) is 4.98 Å². The SMILES string of the molecule is c1cncc(N2c3ccccc3Sc3c2ccc2c3Oc3ccccc3C23c2cccnc2-c2nc(-c4cc(-c5ccncc5)cc(-c5ccncc5)c4)ccc23)c1. The van der Waals surface area contributed by atoms with Crippen LogP contribution in [0.1, 0.15) is 22.3 Å². The molecular formula is C50H30N6OS. The quantitative estimate of drug-likeness (QED) is 0.175. The molecule has 7 heterocycles. The van der Waals surface area contributed by atoms with E-state index in [-0.39, 0.29) is 0 Å². The van der Waals surface area contributed by atoms with Crippen LogP contribution in [0.5, 0.6) is 11.5 Å². The number of hydrogen-bond donors (Lipinski definition) is 0. The number of anilines is 3. The molecule has 1 aliphatic carbocycles. The first-order valence-corrected chi connectivity index (χ1v) is 19.9. The first-order valence-electron chi connectivity index (χ1n) is 19.1. The van der Waals surface area contributed by atoms with Gasteiger partial charge in [0.25, 0.3) is 0 Å². The molecule has 1 spiro atoms. The maximum Gasteiger partial charge on any atom is 0.148 e. The van der Waals surface area contributed by atoms with Gasteiger partial charge in [-0.1, -0.05) is 60.3 Å². The Hall–Kier alpha value is -7.42. The molecule has 1 atom stereocenters. The first kappa shape index (κ1) is 32.8. The maximum absolute atomic E-state index is 7.08. The number of hydrogen-bond acceptors (Lipinski definition) is 8. The second-order valence-corrected chi connectivity index (χ2v) is 15.6. The van der Waals surface area contributed by atoms with E-state index >= 15 is 0 Å². The summed E-state index contributed by atoms with van der Waals surface area (Å²) in [7, 11) is 0. The minimum atomic E-state index is -0.735. The Balaban J connectivity index is 1.09. The molecular weight excluding hydrogens is 733 g/mol. The lowest BCUT2D eigenvalue weighted by molar-refractivity contribution is 0.426. The smallest absolute Gasteiger partial charge is 0.148 e. The van der Waals surface area contributed by atoms with Gasteiger partial charge in [-0.15, -0.1) is 0 Å². The third-order valence-corrected chi connectivity index (χ3v) is 12.6. The monoisotopic (exact) mass is 762 g/mol. The molecule has 0 amide bonds. The molecule has 7 nitrogen and oxygen atoms in total. The number of para-hydroxylation sites is 2. The van der Waals surface area contributed by atoms with E-state index in [1.807, 2.05) is 79.8 Å². The number of nitrogens with zero attached hydrogens (tertiary/aromatic N) is 6. The molecule has 0 radical (unpaired) electrons. The minimum Gasteiger partial charge on any atom is -0.455 e. The second-order valence-electron chi connectivity index (χ2n) is 14.5. The van der Waals surface area contributed by atoms with Gasteiger partial charge in [-0.05, 0) is 124 Å². The molecule has 0 fully saturated rings. The van der Waals surface area contributed by atoms with Crippen molar-refractivity contribution < 1.29 is 4.74 Å². The summed E-state index contributed by atoms with van der Waals surface area (Å²) < 4.78 is 7.08. The van der Waals surface area contributed by atoms with Crippen molar-refractivity contribution in [3.63, 3.8) is 0 Å². The topological polar surface area (TPSA) is 76.9 Å². The molecule has 5 aromatic heterocycles. The van der Waals surface area contributed by atoms with Crippen LogP contribution in [0, 0.1) is 0 Å². The van der Waals surface area contributed by atoms with Crippen LogP contribution in [0.2, 0.25) is 0 Å². The molecule has 4 aromatic carbocycles. The van der Waals surface area contributed by atoms with Crippen LogP contribution >= 0.6 is 11.8 Å². The van der Waals surface area contributed by atoms with Crippen molar-refractivity contribution in [3.05, 3.63) is 205 Å². The molecule has 9 aromatic rings. The summed E-state index contributed by atoms with van der Waals surface area (Å²) in [5.41, 5.74) is 14.6. The van der Waals surface area contributed by atoms with E-state index in [0.29, 0.717) is 0 Å². The van der Waals surface area contributed by atoms with Gasteiger partial charge in [0.15, 0.2) is 0 Å². The van der Waals surface area contributed by atoms with Gasteiger partial charge in [-0.3, -0.25) is 19.9 Å². The predicted molar refractivity (Wildman–Crippen MR) is 228 cm³/mol. The van der Waals surface area contributed by atoms with Gasteiger partial charge in [0.05, 0.1) is 50.7 Å². The molecule has 8 heteroatoms. The molecule has 12 rings (SSSR count). The summed E-state index contributed by atoms with van der Waals surface area (Å²) in [6.07, 6.45) is 12.9. The fourth-order valence-electron chi connectivity index (χ4n) is 9.00. The summed E-state index contributed by atoms with van der Waals surface area (Å²) in [4.78, 5) is 28.2. The zero-order chi connectivity index (χ0) is 38.2. The van der Waals surface area contributed by atoms with Crippen LogP contribution in [0.15, 0.2) is 193 Å². The van der Waals surface area contributed by atoms with Crippen LogP contribution < -0.4 is 9.64 Å². The third-order valence-electron chi connectivity index (χ3n) is 11.5. The zero-order valence-corrected chi connectivity index (χ0v) is 31.6. The lowest BCUT2D eigenvalue weighted by atomic mass is 9.66. The largest absolute Gasteiger partial charge is 0.455 e. The molecule has 0 saturated heterocycles. The molecule has 0 bridgehead atoms. The highest BCUT2D eigenvalue weighted by Gasteiger charge is 2.53. The number of fused-ring (bicyclic) bond motifs is 12. The molecule has 0 N–H and O–H groups in total. The Morgan fingerprint density at radius 1 is 0.500 bits per heavy atom. The van der Waals surface area contributed by atoms with Gasteiger partial charge in [-0.2, -0.15) is 0 Å². The van der Waals surface area contributed by atoms with Crippen molar-refractivity contribution in [1.82, 2.24) is 24.9 Å². The van der Waals surface area contributed by atoms with Crippen LogP contribution in [-0.4, -0.2) is 24.9 Å². The van der Waals surface area contributed by atoms with Crippen LogP contribution in [0.4, 0.5) is 17.1 Å². The molecule has 1 unspecified atom stereocenters. The van der Waals surface area contributed by atoms with E-state index in [0.717, 1.165) is 106 Å². The molecule has 2 aliphatic heterocycles. The van der Waals surface area contributed by atoms with Crippen molar-refractivity contribution in [2.24, 2.45) is 0 Å². The average Bonchev–Trinajstić information content (AvgIpc) is 3.59. The number of aromatic nitrogens is 5. The van der Waals surface area contributed by atoms with Crippen LogP contribution in [0.3, 0.4) is 0 Å². The summed E-state index contributed by atoms with van der Waals surface area (Å²) in [6, 6.07) is 49.0. The Kier molecular flexibility index (Phi) is 7.24. The molecule has 272 valence electrons. The van der Waals surface area contributed by atoms with Crippen LogP contribution in [0.25, 0.3) is 44.9 Å². The Labute approximate surface area is 338 Å². The molecule has 58 heavy (non-hydrogen) atoms. The fourth-order valence-corrected chi connectivity index (χ4v) is 10.1. The summed E-state index contributed by atoms with van der Waals surface area (Å²) >= 11 is 1.75. The lowest BCUT2D eigenvalue weighted by Crippen LogP contribution is -2.33. The standard InChI is InChI=1S/C50H30N6OS/c1-3-11-44-37(8-1)50(40-14-16-43-49(48(40)57-44)58-45-12-4-2-10-42(45)56(43)36-7-5-21-53-30-36)38-9-6-22-54-46(38)47-39(50)13-15-41(55-47)35-28-33(31-17-23-51-24-18-31)27-34(29-35)32-19-25-52-26-20-32/h1-30H. The normalized spacial score (nSPS) is 15.3. The van der Waals surface area contributed by atoms with E-state index in [1.54, 1.807) is 11.8 Å². The van der Waals surface area contributed by atoms with E-state index in [9.17, 15) is 0 Å². The lowest BCUT2D eigenvalue weighted by Gasteiger charge is -2.41. The number of pyridine rings is 5. The van der Waals surface area contributed by atoms with E-state index in [2.05, 4.69) is 123 Å². The molecule has 0 saturated carbocycles. The zero-order valence-electron chi connectivity index (χ0n) is 30.8. The highest BCUT2D eigenvalue weighted by Crippen LogP contribution is 2.65. The Morgan fingerprint density at radius 2 is 1.19 bits per heavy atom. The van der Waals surface area contributed by atoms with E-state index in [1.165, 1.54) is 0 Å². The highest BCUT2D eigenvalue weighted by atomic mass is 32.2. The minimum absolute atomic E-state index is 0.735. The third kappa shape index (κ3) is 4.79. The summed E-state index contributed by atoms with van der Waals surface area (Å²) in [5, 5.41) is 0. The highest BCUT2D eigenvalue weighted by molar-refractivity contribution is 7.99.